The SMILES string of the molecule is Cc1cc(N=Nc2ccc(NC(=O)c3ccc(N)cc3)cc2C)ccc1N=Nc1ccc2c(c1)C=C(S(=O)(=O)O)/C(=N/Nc1ccc(S(=O)(=O)O)cc1)C2=O. The third-order valence-corrected chi connectivity index (χ3v) is 9.83. The zero-order valence-electron chi connectivity index (χ0n) is 28.9. The molecule has 5 aromatic carbocycles. The van der Waals surface area contributed by atoms with Crippen molar-refractivity contribution in [3.05, 3.63) is 136 Å². The molecule has 278 valence electrons. The highest BCUT2D eigenvalue weighted by Gasteiger charge is 2.33. The van der Waals surface area contributed by atoms with Gasteiger partial charge in [0, 0.05) is 22.5 Å². The summed E-state index contributed by atoms with van der Waals surface area (Å²) in [6, 6.07) is 26.0. The van der Waals surface area contributed by atoms with Crippen LogP contribution in [0.15, 0.2) is 138 Å². The molecule has 0 aromatic heterocycles. The zero-order valence-corrected chi connectivity index (χ0v) is 30.5. The molecule has 0 aliphatic heterocycles. The van der Waals surface area contributed by atoms with Crippen molar-refractivity contribution in [3.63, 3.8) is 0 Å². The molecule has 6 rings (SSSR count). The standard InChI is InChI=1S/C37H30N8O8S2/c1-21-17-27(39-37(47)23-3-5-25(38)6-4-23)10-15-32(21)43-41-28-11-16-33(22(2)18-28)44-42-29-9-14-31-24(19-29)20-34(55(51,52)53)35(36(31)46)45-40-26-7-12-30(13-8-26)54(48,49)50/h3-20,40H,38H2,1-2H3,(H,39,47)(H,48,49,50)(H,51,52,53)/b43-41?,44-42?,45-35-. The molecule has 5 aromatic rings. The topological polar surface area (TPSA) is 255 Å². The summed E-state index contributed by atoms with van der Waals surface area (Å²) in [7, 11) is -9.38. The molecule has 0 saturated carbocycles. The predicted molar refractivity (Wildman–Crippen MR) is 207 cm³/mol. The number of aryl methyl sites for hydroxylation is 2. The van der Waals surface area contributed by atoms with Crippen LogP contribution in [0.2, 0.25) is 0 Å². The Morgan fingerprint density at radius 2 is 1.25 bits per heavy atom. The summed E-state index contributed by atoms with van der Waals surface area (Å²) in [6.07, 6.45) is 1.07. The Bertz CT molecular complexity index is 2710. The Balaban J connectivity index is 1.15. The van der Waals surface area contributed by atoms with Gasteiger partial charge in [0.2, 0.25) is 5.78 Å². The summed E-state index contributed by atoms with van der Waals surface area (Å²) < 4.78 is 66.2. The number of nitrogens with one attached hydrogen (secondary N) is 2. The third-order valence-electron chi connectivity index (χ3n) is 8.10. The van der Waals surface area contributed by atoms with Gasteiger partial charge in [-0.25, -0.2) is 0 Å². The minimum atomic E-state index is -4.93. The highest BCUT2D eigenvalue weighted by molar-refractivity contribution is 7.91. The molecule has 0 unspecified atom stereocenters. The Kier molecular flexibility index (Phi) is 10.6. The van der Waals surface area contributed by atoms with Crippen LogP contribution in [-0.4, -0.2) is 43.3 Å². The number of amides is 1. The average Bonchev–Trinajstić information content (AvgIpc) is 3.13. The molecule has 55 heavy (non-hydrogen) atoms. The lowest BCUT2D eigenvalue weighted by atomic mass is 9.94. The number of carbonyl (C=O) groups excluding carboxylic acids is 2. The van der Waals surface area contributed by atoms with Crippen LogP contribution in [0.25, 0.3) is 6.08 Å². The van der Waals surface area contributed by atoms with E-state index < -0.39 is 36.6 Å². The number of fused-ring (bicyclic) bond motifs is 1. The first-order valence-corrected chi connectivity index (χ1v) is 18.9. The maximum absolute atomic E-state index is 13.3. The van der Waals surface area contributed by atoms with Crippen molar-refractivity contribution in [1.29, 1.82) is 0 Å². The lowest BCUT2D eigenvalue weighted by molar-refractivity contribution is 0.102. The van der Waals surface area contributed by atoms with Crippen LogP contribution >= 0.6 is 0 Å². The molecule has 0 bridgehead atoms. The van der Waals surface area contributed by atoms with E-state index >= 15 is 0 Å². The molecule has 0 spiro atoms. The monoisotopic (exact) mass is 778 g/mol. The van der Waals surface area contributed by atoms with Gasteiger partial charge in [-0.15, -0.1) is 0 Å². The van der Waals surface area contributed by atoms with E-state index in [0.717, 1.165) is 29.3 Å². The van der Waals surface area contributed by atoms with Crippen molar-refractivity contribution < 1.29 is 35.5 Å². The molecule has 1 amide bonds. The molecule has 0 atom stereocenters. The van der Waals surface area contributed by atoms with E-state index in [0.29, 0.717) is 34.0 Å². The Hall–Kier alpha value is -6.73. The second-order valence-electron chi connectivity index (χ2n) is 12.1. The molecule has 0 radical (unpaired) electrons. The molecule has 0 saturated heterocycles. The van der Waals surface area contributed by atoms with Gasteiger partial charge in [-0.2, -0.15) is 42.4 Å². The number of nitrogen functional groups attached to an aromatic ring is 1. The number of carbonyl (C=O) groups is 2. The molecule has 1 aliphatic rings. The summed E-state index contributed by atoms with van der Waals surface area (Å²) in [5.41, 5.74) is 13.0. The van der Waals surface area contributed by atoms with Gasteiger partial charge < -0.3 is 11.1 Å². The zero-order chi connectivity index (χ0) is 39.5. The number of anilines is 3. The molecule has 0 heterocycles. The lowest BCUT2D eigenvalue weighted by Gasteiger charge is -2.16. The molecule has 1 aliphatic carbocycles. The fourth-order valence-electron chi connectivity index (χ4n) is 5.23. The van der Waals surface area contributed by atoms with E-state index in [1.165, 1.54) is 30.3 Å². The quantitative estimate of drug-likeness (QED) is 0.0394. The van der Waals surface area contributed by atoms with Crippen molar-refractivity contribution in [2.45, 2.75) is 18.7 Å². The van der Waals surface area contributed by atoms with Gasteiger partial charge in [0.25, 0.3) is 26.1 Å². The Morgan fingerprint density at radius 3 is 1.85 bits per heavy atom. The second kappa shape index (κ2) is 15.3. The molecular weight excluding hydrogens is 749 g/mol. The smallest absolute Gasteiger partial charge is 0.296 e. The highest BCUT2D eigenvalue weighted by Crippen LogP contribution is 2.32. The normalized spacial score (nSPS) is 13.9. The van der Waals surface area contributed by atoms with Crippen LogP contribution < -0.4 is 16.5 Å². The van der Waals surface area contributed by atoms with Crippen molar-refractivity contribution in [2.75, 3.05) is 16.5 Å². The first-order valence-electron chi connectivity index (χ1n) is 16.1. The van der Waals surface area contributed by atoms with Crippen molar-refractivity contribution >= 4 is 83.5 Å². The van der Waals surface area contributed by atoms with Gasteiger partial charge in [-0.3, -0.25) is 24.1 Å². The number of hydrogen-bond acceptors (Lipinski definition) is 13. The number of allylic oxidation sites excluding steroid dienone is 1. The van der Waals surface area contributed by atoms with Crippen molar-refractivity contribution in [2.24, 2.45) is 25.6 Å². The number of azo groups is 2. The fraction of sp³-hybridized carbons (Fsp3) is 0.0541. The summed E-state index contributed by atoms with van der Waals surface area (Å²) in [6.45, 7) is 3.66. The molecular formula is C37H30N8O8S2. The first kappa shape index (κ1) is 38.0. The van der Waals surface area contributed by atoms with Crippen molar-refractivity contribution in [1.82, 2.24) is 0 Å². The molecule has 16 nitrogen and oxygen atoms in total. The second-order valence-corrected chi connectivity index (χ2v) is 14.9. The summed E-state index contributed by atoms with van der Waals surface area (Å²) in [4.78, 5) is 24.7. The number of hydrogen-bond donors (Lipinski definition) is 5. The number of hydrazone groups is 1. The van der Waals surface area contributed by atoms with E-state index in [1.807, 2.05) is 13.8 Å². The first-order chi connectivity index (χ1) is 26.0. The van der Waals surface area contributed by atoms with Crippen LogP contribution in [-0.2, 0) is 20.2 Å². The average molecular weight is 779 g/mol. The van der Waals surface area contributed by atoms with Crippen LogP contribution in [0.5, 0.6) is 0 Å². The van der Waals surface area contributed by atoms with Gasteiger partial charge in [0.05, 0.1) is 33.3 Å². The Labute approximate surface area is 314 Å². The fourth-order valence-corrected chi connectivity index (χ4v) is 6.37. The largest absolute Gasteiger partial charge is 0.399 e. The van der Waals surface area contributed by atoms with Gasteiger partial charge in [0.1, 0.15) is 4.91 Å². The van der Waals surface area contributed by atoms with Gasteiger partial charge in [-0.1, -0.05) is 0 Å². The molecule has 0 fully saturated rings. The summed E-state index contributed by atoms with van der Waals surface area (Å²) in [5, 5.41) is 23.9. The number of nitrogens with two attached hydrogens (primary N) is 1. The molecule has 18 heteroatoms. The Morgan fingerprint density at radius 1 is 0.673 bits per heavy atom. The van der Waals surface area contributed by atoms with Crippen LogP contribution in [0.1, 0.15) is 37.4 Å². The van der Waals surface area contributed by atoms with E-state index in [-0.39, 0.29) is 33.3 Å². The van der Waals surface area contributed by atoms with Gasteiger partial charge in [0.15, 0.2) is 5.71 Å². The minimum Gasteiger partial charge on any atom is -0.399 e. The lowest BCUT2D eigenvalue weighted by Crippen LogP contribution is -2.27. The van der Waals surface area contributed by atoms with E-state index in [4.69, 9.17) is 10.3 Å². The number of rotatable bonds is 10. The molecule has 6 N–H and O–H groups in total. The summed E-state index contributed by atoms with van der Waals surface area (Å²) >= 11 is 0. The number of benzene rings is 5. The number of nitrogens with zero attached hydrogens (tertiary/aromatic N) is 5. The van der Waals surface area contributed by atoms with E-state index in [9.17, 15) is 31.0 Å². The maximum atomic E-state index is 13.3. The van der Waals surface area contributed by atoms with E-state index in [2.05, 4.69) is 36.3 Å². The van der Waals surface area contributed by atoms with Gasteiger partial charge in [-0.05, 0) is 140 Å². The highest BCUT2D eigenvalue weighted by atomic mass is 32.2. The van der Waals surface area contributed by atoms with Crippen LogP contribution in [0, 0.1) is 13.8 Å². The van der Waals surface area contributed by atoms with Crippen LogP contribution in [0.3, 0.4) is 0 Å². The summed E-state index contributed by atoms with van der Waals surface area (Å²) in [5.74, 6) is -1.09. The van der Waals surface area contributed by atoms with Crippen molar-refractivity contribution in [3.8, 4) is 0 Å². The maximum Gasteiger partial charge on any atom is 0.296 e. The minimum absolute atomic E-state index is 0.0762. The predicted octanol–water partition coefficient (Wildman–Crippen LogP) is 8.11. The van der Waals surface area contributed by atoms with Crippen LogP contribution in [0.4, 0.5) is 39.8 Å². The third kappa shape index (κ3) is 9.08. The van der Waals surface area contributed by atoms with E-state index in [1.54, 1.807) is 60.7 Å². The number of ketones is 1. The number of Topliss-reactive ketones (excluding diaryl/α,β-unsaturated/α-hetero) is 1. The van der Waals surface area contributed by atoms with Gasteiger partial charge >= 0.3 is 0 Å².